The topological polar surface area (TPSA) is 90.7 Å². The number of hydrogen-bond donors (Lipinski definition) is 2. The van der Waals surface area contributed by atoms with E-state index in [9.17, 15) is 27.2 Å². The van der Waals surface area contributed by atoms with Crippen LogP contribution in [0.2, 0.25) is 5.02 Å². The van der Waals surface area contributed by atoms with E-state index in [1.807, 2.05) is 0 Å². The number of benzene rings is 1. The molecule has 3 saturated carbocycles. The van der Waals surface area contributed by atoms with Gasteiger partial charge in [-0.25, -0.2) is 9.18 Å². The zero-order valence-corrected chi connectivity index (χ0v) is 15.9. The first-order valence-electron chi connectivity index (χ1n) is 8.88. The van der Waals surface area contributed by atoms with Crippen molar-refractivity contribution in [1.29, 1.82) is 0 Å². The lowest BCUT2D eigenvalue weighted by molar-refractivity contribution is -0.213. The molecule has 11 heteroatoms. The second-order valence-electron chi connectivity index (χ2n) is 7.52. The Labute approximate surface area is 168 Å². The molecule has 0 spiro atoms. The number of amides is 1. The summed E-state index contributed by atoms with van der Waals surface area (Å²) in [6.07, 6.45) is -4.84. The fraction of sp³-hybridized carbons (Fsp3) is 0.556. The summed E-state index contributed by atoms with van der Waals surface area (Å²) in [7, 11) is 0. The molecule has 3 fully saturated rings. The Morgan fingerprint density at radius 3 is 2.48 bits per heavy atom. The summed E-state index contributed by atoms with van der Waals surface area (Å²) in [5, 5.41) is 2.68. The fourth-order valence-electron chi connectivity index (χ4n) is 3.86. The third-order valence-electron chi connectivity index (χ3n) is 5.50. The molecule has 4 rings (SSSR count). The SMILES string of the molecule is NC12CCC(NC(=O)COc3ccc(Cl)c(F)c3)(CC1)C[C@@H]2OC(=O)C(F)(F)F. The Morgan fingerprint density at radius 2 is 1.90 bits per heavy atom. The van der Waals surface area contributed by atoms with Gasteiger partial charge in [0.1, 0.15) is 17.7 Å². The highest BCUT2D eigenvalue weighted by atomic mass is 35.5. The average Bonchev–Trinajstić information content (AvgIpc) is 2.63. The van der Waals surface area contributed by atoms with Crippen molar-refractivity contribution in [1.82, 2.24) is 5.32 Å². The molecule has 1 aromatic carbocycles. The number of rotatable bonds is 5. The average molecular weight is 439 g/mol. The highest BCUT2D eigenvalue weighted by Crippen LogP contribution is 2.47. The maximum absolute atomic E-state index is 13.4. The van der Waals surface area contributed by atoms with Crippen LogP contribution in [0.5, 0.6) is 5.75 Å². The number of esters is 1. The summed E-state index contributed by atoms with van der Waals surface area (Å²) in [6.45, 7) is -0.427. The molecule has 29 heavy (non-hydrogen) atoms. The van der Waals surface area contributed by atoms with Crippen LogP contribution in [-0.2, 0) is 14.3 Å². The summed E-state index contributed by atoms with van der Waals surface area (Å²) >= 11 is 5.58. The number of carbonyl (C=O) groups is 2. The Hall–Kier alpha value is -2.07. The highest BCUT2D eigenvalue weighted by molar-refractivity contribution is 6.30. The van der Waals surface area contributed by atoms with E-state index in [4.69, 9.17) is 22.1 Å². The molecule has 0 saturated heterocycles. The maximum atomic E-state index is 13.4. The smallest absolute Gasteiger partial charge is 0.484 e. The van der Waals surface area contributed by atoms with Crippen LogP contribution >= 0.6 is 11.6 Å². The first-order valence-corrected chi connectivity index (χ1v) is 9.26. The van der Waals surface area contributed by atoms with Crippen LogP contribution in [0.15, 0.2) is 18.2 Å². The quantitative estimate of drug-likeness (QED) is 0.545. The van der Waals surface area contributed by atoms with E-state index in [2.05, 4.69) is 10.1 Å². The number of ether oxygens (including phenoxy) is 2. The zero-order chi connectivity index (χ0) is 21.4. The van der Waals surface area contributed by atoms with E-state index in [1.54, 1.807) is 0 Å². The normalized spacial score (nSPS) is 28.7. The molecular weight excluding hydrogens is 420 g/mol. The molecule has 6 nitrogen and oxygen atoms in total. The number of halogens is 5. The second kappa shape index (κ2) is 7.64. The summed E-state index contributed by atoms with van der Waals surface area (Å²) < 4.78 is 60.9. The predicted octanol–water partition coefficient (Wildman–Crippen LogP) is 2.86. The van der Waals surface area contributed by atoms with Crippen molar-refractivity contribution in [3.05, 3.63) is 29.0 Å². The Morgan fingerprint density at radius 1 is 1.24 bits per heavy atom. The summed E-state index contributed by atoms with van der Waals surface area (Å²) in [5.74, 6) is -3.43. The summed E-state index contributed by atoms with van der Waals surface area (Å²) in [4.78, 5) is 23.5. The lowest BCUT2D eigenvalue weighted by Gasteiger charge is -2.55. The minimum Gasteiger partial charge on any atom is -0.484 e. The molecule has 2 bridgehead atoms. The minimum atomic E-state index is -5.12. The van der Waals surface area contributed by atoms with Crippen molar-refractivity contribution in [3.63, 3.8) is 0 Å². The van der Waals surface area contributed by atoms with Crippen molar-refractivity contribution in [2.45, 2.75) is 55.5 Å². The van der Waals surface area contributed by atoms with Gasteiger partial charge in [0.05, 0.1) is 10.6 Å². The van der Waals surface area contributed by atoms with E-state index >= 15 is 0 Å². The van der Waals surface area contributed by atoms with E-state index in [-0.39, 0.29) is 17.2 Å². The Bertz CT molecular complexity index is 810. The van der Waals surface area contributed by atoms with E-state index in [0.29, 0.717) is 25.7 Å². The van der Waals surface area contributed by atoms with Crippen LogP contribution in [0, 0.1) is 5.82 Å². The molecule has 3 N–H and O–H groups in total. The molecule has 0 radical (unpaired) electrons. The fourth-order valence-corrected chi connectivity index (χ4v) is 3.97. The van der Waals surface area contributed by atoms with E-state index in [1.165, 1.54) is 12.1 Å². The van der Waals surface area contributed by atoms with Gasteiger partial charge in [-0.15, -0.1) is 0 Å². The molecule has 0 unspecified atom stereocenters. The van der Waals surface area contributed by atoms with Crippen LogP contribution < -0.4 is 15.8 Å². The van der Waals surface area contributed by atoms with Crippen LogP contribution in [0.25, 0.3) is 0 Å². The van der Waals surface area contributed by atoms with Crippen molar-refractivity contribution in [2.75, 3.05) is 6.61 Å². The lowest BCUT2D eigenvalue weighted by Crippen LogP contribution is -2.69. The number of hydrogen-bond acceptors (Lipinski definition) is 5. The van der Waals surface area contributed by atoms with Gasteiger partial charge in [-0.2, -0.15) is 13.2 Å². The third-order valence-corrected chi connectivity index (χ3v) is 5.81. The van der Waals surface area contributed by atoms with Crippen LogP contribution in [0.1, 0.15) is 32.1 Å². The van der Waals surface area contributed by atoms with E-state index < -0.39 is 47.7 Å². The van der Waals surface area contributed by atoms with Gasteiger partial charge in [0, 0.05) is 18.0 Å². The van der Waals surface area contributed by atoms with Gasteiger partial charge >= 0.3 is 12.1 Å². The Balaban J connectivity index is 1.61. The molecule has 0 aliphatic heterocycles. The van der Waals surface area contributed by atoms with Crippen molar-refractivity contribution in [3.8, 4) is 5.75 Å². The zero-order valence-electron chi connectivity index (χ0n) is 15.2. The van der Waals surface area contributed by atoms with Crippen LogP contribution in [0.4, 0.5) is 17.6 Å². The molecule has 1 aromatic rings. The van der Waals surface area contributed by atoms with Crippen LogP contribution in [0.3, 0.4) is 0 Å². The molecule has 1 atom stereocenters. The molecule has 0 aromatic heterocycles. The predicted molar refractivity (Wildman–Crippen MR) is 93.7 cm³/mol. The van der Waals surface area contributed by atoms with Crippen molar-refractivity contribution in [2.24, 2.45) is 5.73 Å². The monoisotopic (exact) mass is 438 g/mol. The molecular formula is C18H19ClF4N2O4. The number of alkyl halides is 3. The number of fused-ring (bicyclic) bond motifs is 3. The number of nitrogens with one attached hydrogen (secondary N) is 1. The van der Waals surface area contributed by atoms with Gasteiger partial charge in [0.15, 0.2) is 6.61 Å². The summed E-state index contributed by atoms with van der Waals surface area (Å²) in [5.41, 5.74) is 4.26. The highest BCUT2D eigenvalue weighted by Gasteiger charge is 2.56. The van der Waals surface area contributed by atoms with Gasteiger partial charge in [-0.1, -0.05) is 11.6 Å². The molecule has 3 aliphatic rings. The minimum absolute atomic E-state index is 0.0212. The van der Waals surface area contributed by atoms with E-state index in [0.717, 1.165) is 6.07 Å². The van der Waals surface area contributed by atoms with Gasteiger partial charge in [0.25, 0.3) is 5.91 Å². The number of nitrogens with two attached hydrogens (primary N) is 1. The van der Waals surface area contributed by atoms with Gasteiger partial charge in [-0.05, 0) is 37.8 Å². The second-order valence-corrected chi connectivity index (χ2v) is 7.93. The first kappa shape index (κ1) is 21.6. The van der Waals surface area contributed by atoms with Crippen molar-refractivity contribution < 1.29 is 36.6 Å². The van der Waals surface area contributed by atoms with Gasteiger partial charge in [0.2, 0.25) is 0 Å². The van der Waals surface area contributed by atoms with Gasteiger partial charge < -0.3 is 20.5 Å². The Kier molecular flexibility index (Phi) is 5.70. The molecule has 3 aliphatic carbocycles. The maximum Gasteiger partial charge on any atom is 0.490 e. The number of carbonyl (C=O) groups excluding carboxylic acids is 2. The molecule has 1 amide bonds. The largest absolute Gasteiger partial charge is 0.490 e. The van der Waals surface area contributed by atoms with Crippen LogP contribution in [-0.4, -0.2) is 41.8 Å². The third kappa shape index (κ3) is 4.75. The molecule has 160 valence electrons. The van der Waals surface area contributed by atoms with Crippen molar-refractivity contribution >= 4 is 23.5 Å². The standard InChI is InChI=1S/C18H19ClF4N2O4/c19-11-2-1-10(7-12(11)20)28-9-14(26)25-16-3-5-17(24,6-4-16)13(8-16)29-15(27)18(21,22)23/h1-2,7,13H,3-6,8-9,24H2,(H,25,26)/t13-,16?,17?/m0/s1. The first-order chi connectivity index (χ1) is 13.4. The summed E-state index contributed by atoms with van der Waals surface area (Å²) in [6, 6.07) is 3.71. The molecule has 0 heterocycles. The van der Waals surface area contributed by atoms with Gasteiger partial charge in [-0.3, -0.25) is 4.79 Å². The lowest BCUT2D eigenvalue weighted by atomic mass is 9.60.